The molecule has 0 bridgehead atoms. The van der Waals surface area contributed by atoms with Crippen molar-refractivity contribution >= 4 is 27.5 Å². The van der Waals surface area contributed by atoms with Crippen LogP contribution in [0.4, 0.5) is 5.69 Å². The van der Waals surface area contributed by atoms with E-state index >= 15 is 0 Å². The predicted octanol–water partition coefficient (Wildman–Crippen LogP) is 11.2. The summed E-state index contributed by atoms with van der Waals surface area (Å²) < 4.78 is 2.38. The second kappa shape index (κ2) is 11.8. The van der Waals surface area contributed by atoms with Gasteiger partial charge >= 0.3 is 0 Å². The highest BCUT2D eigenvalue weighted by molar-refractivity contribution is 6.10. The molecule has 2 nitrogen and oxygen atoms in total. The van der Waals surface area contributed by atoms with Gasteiger partial charge in [0.25, 0.3) is 0 Å². The first-order valence-corrected chi connectivity index (χ1v) is 16.3. The molecule has 6 aromatic carbocycles. The fourth-order valence-corrected chi connectivity index (χ4v) is 7.52. The lowest BCUT2D eigenvalue weighted by molar-refractivity contribution is 0.804. The average Bonchev–Trinajstić information content (AvgIpc) is 3.59. The zero-order chi connectivity index (χ0) is 31.8. The molecule has 0 saturated heterocycles. The van der Waals surface area contributed by atoms with Crippen molar-refractivity contribution in [3.05, 3.63) is 199 Å². The SMILES string of the molecule is C=C/C=C\C=C\C1(c2cccc3c4ccccc4n(C)c23)c2ccccc2-c2ccc(-c3ccc(CNc4ccccc4)cc3)cc21. The van der Waals surface area contributed by atoms with E-state index in [0.29, 0.717) is 0 Å². The van der Waals surface area contributed by atoms with Gasteiger partial charge in [0.1, 0.15) is 0 Å². The Morgan fingerprint density at radius 1 is 0.617 bits per heavy atom. The largest absolute Gasteiger partial charge is 0.381 e. The quantitative estimate of drug-likeness (QED) is 0.171. The van der Waals surface area contributed by atoms with Crippen LogP contribution in [-0.2, 0) is 19.0 Å². The number of nitrogens with zero attached hydrogens (tertiary/aromatic N) is 1. The Morgan fingerprint density at radius 2 is 1.32 bits per heavy atom. The summed E-state index contributed by atoms with van der Waals surface area (Å²) in [6.45, 7) is 4.69. The molecule has 0 fully saturated rings. The number of hydrogen-bond donors (Lipinski definition) is 1. The third-order valence-corrected chi connectivity index (χ3v) is 9.70. The number of hydrogen-bond acceptors (Lipinski definition) is 1. The smallest absolute Gasteiger partial charge is 0.0668 e. The van der Waals surface area contributed by atoms with Crippen LogP contribution in [0.15, 0.2) is 176 Å². The number of aryl methyl sites for hydroxylation is 1. The van der Waals surface area contributed by atoms with Crippen LogP contribution in [-0.4, -0.2) is 4.57 Å². The highest BCUT2D eigenvalue weighted by Gasteiger charge is 2.44. The number of anilines is 1. The molecular formula is C45H36N2. The van der Waals surface area contributed by atoms with E-state index in [1.807, 2.05) is 18.2 Å². The molecule has 1 unspecified atom stereocenters. The minimum absolute atomic E-state index is 0.505. The van der Waals surface area contributed by atoms with Gasteiger partial charge in [0, 0.05) is 35.6 Å². The molecule has 1 aromatic heterocycles. The van der Waals surface area contributed by atoms with E-state index in [1.165, 1.54) is 66.3 Å². The monoisotopic (exact) mass is 604 g/mol. The standard InChI is InChI=1S/C45H36N2/c1-3-4-5-13-29-45(41-21-14-19-39-38-18-10-12-22-43(38)47(2)44(39)41)40-20-11-9-17-36(40)37-28-27-34(30-42(37)45)33-25-23-32(24-26-33)31-46-35-15-7-6-8-16-35/h3-30,46H,1,31H2,2H3/b5-4-,29-13+. The molecule has 0 amide bonds. The Balaban J connectivity index is 1.31. The topological polar surface area (TPSA) is 17.0 Å². The van der Waals surface area contributed by atoms with E-state index in [4.69, 9.17) is 0 Å². The van der Waals surface area contributed by atoms with Crippen molar-refractivity contribution in [2.75, 3.05) is 5.32 Å². The highest BCUT2D eigenvalue weighted by atomic mass is 14.9. The van der Waals surface area contributed by atoms with Crippen molar-refractivity contribution in [2.24, 2.45) is 7.05 Å². The molecule has 1 aliphatic rings. The van der Waals surface area contributed by atoms with Gasteiger partial charge < -0.3 is 9.88 Å². The van der Waals surface area contributed by atoms with Crippen molar-refractivity contribution in [1.82, 2.24) is 4.57 Å². The number of allylic oxidation sites excluding steroid dienone is 5. The molecule has 1 heterocycles. The highest BCUT2D eigenvalue weighted by Crippen LogP contribution is 2.56. The summed E-state index contributed by atoms with van der Waals surface area (Å²) in [4.78, 5) is 0. The lowest BCUT2D eigenvalue weighted by atomic mass is 9.71. The number of rotatable bonds is 8. The van der Waals surface area contributed by atoms with E-state index in [9.17, 15) is 0 Å². The van der Waals surface area contributed by atoms with E-state index in [-0.39, 0.29) is 0 Å². The van der Waals surface area contributed by atoms with Gasteiger partial charge in [-0.05, 0) is 68.8 Å². The Bertz CT molecular complexity index is 2320. The maximum absolute atomic E-state index is 3.90. The average molecular weight is 605 g/mol. The van der Waals surface area contributed by atoms with Gasteiger partial charge in [-0.1, -0.05) is 152 Å². The molecule has 0 radical (unpaired) electrons. The van der Waals surface area contributed by atoms with Gasteiger partial charge in [-0.3, -0.25) is 0 Å². The lowest BCUT2D eigenvalue weighted by Crippen LogP contribution is -2.25. The van der Waals surface area contributed by atoms with Crippen LogP contribution < -0.4 is 5.32 Å². The van der Waals surface area contributed by atoms with Crippen LogP contribution in [0.5, 0.6) is 0 Å². The molecule has 1 aliphatic carbocycles. The molecule has 47 heavy (non-hydrogen) atoms. The Labute approximate surface area is 276 Å². The van der Waals surface area contributed by atoms with E-state index < -0.39 is 5.41 Å². The first-order chi connectivity index (χ1) is 23.2. The number of benzene rings is 6. The van der Waals surface area contributed by atoms with Gasteiger partial charge in [-0.2, -0.15) is 0 Å². The molecule has 1 atom stereocenters. The van der Waals surface area contributed by atoms with E-state index in [1.54, 1.807) is 0 Å². The number of nitrogens with one attached hydrogen (secondary N) is 1. The molecule has 2 heteroatoms. The fraction of sp³-hybridized carbons (Fsp3) is 0.0667. The number of para-hydroxylation sites is 3. The second-order valence-electron chi connectivity index (χ2n) is 12.3. The van der Waals surface area contributed by atoms with Gasteiger partial charge in [0.15, 0.2) is 0 Å². The molecule has 0 saturated carbocycles. The van der Waals surface area contributed by atoms with Crippen molar-refractivity contribution in [1.29, 1.82) is 0 Å². The van der Waals surface area contributed by atoms with Crippen molar-refractivity contribution in [2.45, 2.75) is 12.0 Å². The van der Waals surface area contributed by atoms with Crippen LogP contribution in [0, 0.1) is 0 Å². The fourth-order valence-electron chi connectivity index (χ4n) is 7.52. The van der Waals surface area contributed by atoms with Crippen LogP contribution in [0.2, 0.25) is 0 Å². The summed E-state index contributed by atoms with van der Waals surface area (Å²) in [5.41, 5.74) is 13.2. The Morgan fingerprint density at radius 3 is 2.17 bits per heavy atom. The number of fused-ring (bicyclic) bond motifs is 6. The first-order valence-electron chi connectivity index (χ1n) is 16.3. The van der Waals surface area contributed by atoms with Crippen LogP contribution in [0.1, 0.15) is 22.3 Å². The minimum Gasteiger partial charge on any atom is -0.381 e. The van der Waals surface area contributed by atoms with Gasteiger partial charge in [0.2, 0.25) is 0 Å². The summed E-state index contributed by atoms with van der Waals surface area (Å²) in [7, 11) is 2.20. The Kier molecular flexibility index (Phi) is 7.19. The maximum Gasteiger partial charge on any atom is 0.0668 e. The summed E-state index contributed by atoms with van der Waals surface area (Å²) in [6.07, 6.45) is 10.5. The minimum atomic E-state index is -0.505. The van der Waals surface area contributed by atoms with Gasteiger partial charge in [0.05, 0.1) is 10.9 Å². The molecule has 1 N–H and O–H groups in total. The van der Waals surface area contributed by atoms with Gasteiger partial charge in [-0.15, -0.1) is 0 Å². The normalized spacial score (nSPS) is 15.4. The van der Waals surface area contributed by atoms with Crippen LogP contribution in [0.25, 0.3) is 44.1 Å². The van der Waals surface area contributed by atoms with E-state index in [2.05, 4.69) is 175 Å². The van der Waals surface area contributed by atoms with Crippen molar-refractivity contribution < 1.29 is 0 Å². The molecular weight excluding hydrogens is 569 g/mol. The van der Waals surface area contributed by atoms with Crippen LogP contribution >= 0.6 is 0 Å². The van der Waals surface area contributed by atoms with E-state index in [0.717, 1.165) is 12.2 Å². The summed E-state index contributed by atoms with van der Waals surface area (Å²) in [5, 5.41) is 6.08. The maximum atomic E-state index is 3.90. The summed E-state index contributed by atoms with van der Waals surface area (Å²) in [5.74, 6) is 0. The summed E-state index contributed by atoms with van der Waals surface area (Å²) in [6, 6.07) is 50.8. The van der Waals surface area contributed by atoms with Gasteiger partial charge in [-0.25, -0.2) is 0 Å². The Hall–Kier alpha value is -5.86. The number of aromatic nitrogens is 1. The first kappa shape index (κ1) is 28.6. The molecule has 226 valence electrons. The molecule has 0 aliphatic heterocycles. The van der Waals surface area contributed by atoms with Crippen molar-refractivity contribution in [3.63, 3.8) is 0 Å². The zero-order valence-electron chi connectivity index (χ0n) is 26.5. The second-order valence-corrected chi connectivity index (χ2v) is 12.3. The lowest BCUT2D eigenvalue weighted by Gasteiger charge is -2.31. The molecule has 7 aromatic rings. The summed E-state index contributed by atoms with van der Waals surface area (Å²) >= 11 is 0. The molecule has 8 rings (SSSR count). The predicted molar refractivity (Wildman–Crippen MR) is 200 cm³/mol. The third kappa shape index (κ3) is 4.73. The van der Waals surface area contributed by atoms with Crippen molar-refractivity contribution in [3.8, 4) is 22.3 Å². The zero-order valence-corrected chi connectivity index (χ0v) is 26.5. The van der Waals surface area contributed by atoms with Crippen LogP contribution in [0.3, 0.4) is 0 Å². The third-order valence-electron chi connectivity index (χ3n) is 9.70. The molecule has 0 spiro atoms.